The van der Waals surface area contributed by atoms with Crippen molar-refractivity contribution < 1.29 is 9.53 Å². The Balaban J connectivity index is 0. The van der Waals surface area contributed by atoms with E-state index >= 15 is 0 Å². The van der Waals surface area contributed by atoms with Gasteiger partial charge in [0.15, 0.2) is 0 Å². The Morgan fingerprint density at radius 3 is 2.55 bits per heavy atom. The van der Waals surface area contributed by atoms with Crippen LogP contribution < -0.4 is 0 Å². The predicted octanol–water partition coefficient (Wildman–Crippen LogP) is 5.24. The van der Waals surface area contributed by atoms with Crippen LogP contribution in [0.1, 0.15) is 66.2 Å². The molecule has 1 rings (SSSR count). The first kappa shape index (κ1) is 21.2. The second-order valence-corrected chi connectivity index (χ2v) is 4.69. The van der Waals surface area contributed by atoms with Gasteiger partial charge in [0.2, 0.25) is 0 Å². The summed E-state index contributed by atoms with van der Waals surface area (Å²) in [4.78, 5) is 9.97. The minimum absolute atomic E-state index is 0.262. The predicted molar refractivity (Wildman–Crippen MR) is 88.0 cm³/mol. The summed E-state index contributed by atoms with van der Waals surface area (Å²) in [7, 11) is 0. The number of hydrogen-bond donors (Lipinski definition) is 0. The van der Waals surface area contributed by atoms with E-state index in [1.165, 1.54) is 24.8 Å². The Hall–Kier alpha value is -1.11. The van der Waals surface area contributed by atoms with Crippen molar-refractivity contribution in [3.05, 3.63) is 30.0 Å². The van der Waals surface area contributed by atoms with Crippen LogP contribution >= 0.6 is 0 Å². The number of carbonyl (C=O) groups excluding carboxylic acids is 1. The molecule has 1 fully saturated rings. The summed E-state index contributed by atoms with van der Waals surface area (Å²) in [5.74, 6) is 0. The highest BCUT2D eigenvalue weighted by Crippen LogP contribution is 2.19. The Morgan fingerprint density at radius 2 is 2.15 bits per heavy atom. The number of unbranched alkanes of at least 4 members (excludes halogenated alkanes) is 1. The van der Waals surface area contributed by atoms with E-state index < -0.39 is 0 Å². The van der Waals surface area contributed by atoms with Crippen molar-refractivity contribution in [3.63, 3.8) is 0 Å². The first-order valence-electron chi connectivity index (χ1n) is 7.71. The molecule has 0 radical (unpaired) electrons. The normalized spacial score (nSPS) is 16.2. The van der Waals surface area contributed by atoms with Crippen LogP contribution in [0.25, 0.3) is 0 Å². The Morgan fingerprint density at radius 1 is 1.50 bits per heavy atom. The maximum Gasteiger partial charge on any atom is 0.120 e. The molecule has 1 aliphatic heterocycles. The molecule has 0 aromatic carbocycles. The minimum atomic E-state index is 0.262. The van der Waals surface area contributed by atoms with Crippen molar-refractivity contribution in [1.29, 1.82) is 0 Å². The standard InChI is InChI=1S/C8H12O2.C8H14.C2H6/c1-7-5-8(10-6-7)3-2-4-9;1-4-6-7-8(3)5-2;1-2/h4,8H,1-3,5-6H2;2,4,6-7H2,1,3H3;1-2H3. The monoisotopic (exact) mass is 280 g/mol. The Labute approximate surface area is 125 Å². The molecular weight excluding hydrogens is 248 g/mol. The van der Waals surface area contributed by atoms with Crippen molar-refractivity contribution in [2.45, 2.75) is 72.3 Å². The highest BCUT2D eigenvalue weighted by Gasteiger charge is 2.17. The lowest BCUT2D eigenvalue weighted by molar-refractivity contribution is -0.108. The van der Waals surface area contributed by atoms with Gasteiger partial charge >= 0.3 is 0 Å². The van der Waals surface area contributed by atoms with E-state index in [-0.39, 0.29) is 6.10 Å². The van der Waals surface area contributed by atoms with Crippen LogP contribution in [0.2, 0.25) is 0 Å². The third-order valence-corrected chi connectivity index (χ3v) is 2.85. The first-order chi connectivity index (χ1) is 9.63. The zero-order valence-corrected chi connectivity index (χ0v) is 13.8. The van der Waals surface area contributed by atoms with Gasteiger partial charge in [-0.05, 0) is 43.8 Å². The lowest BCUT2D eigenvalue weighted by Crippen LogP contribution is -2.03. The summed E-state index contributed by atoms with van der Waals surface area (Å²) in [6.45, 7) is 16.3. The average Bonchev–Trinajstić information content (AvgIpc) is 2.91. The first-order valence-corrected chi connectivity index (χ1v) is 7.71. The van der Waals surface area contributed by atoms with Crippen molar-refractivity contribution in [2.24, 2.45) is 0 Å². The highest BCUT2D eigenvalue weighted by atomic mass is 16.5. The minimum Gasteiger partial charge on any atom is -0.374 e. The SMILES string of the molecule is C=C1COC(CCC=O)C1.C=C=C(C)CCCC.CC. The number of aldehydes is 1. The molecule has 0 spiro atoms. The zero-order valence-electron chi connectivity index (χ0n) is 13.8. The van der Waals surface area contributed by atoms with Gasteiger partial charge in [-0.25, -0.2) is 0 Å². The van der Waals surface area contributed by atoms with Crippen LogP contribution in [0.15, 0.2) is 30.0 Å². The molecule has 1 atom stereocenters. The van der Waals surface area contributed by atoms with E-state index in [0.29, 0.717) is 13.0 Å². The molecular formula is C18H32O2. The average molecular weight is 280 g/mol. The van der Waals surface area contributed by atoms with Crippen LogP contribution in [0.3, 0.4) is 0 Å². The van der Waals surface area contributed by atoms with Gasteiger partial charge in [0.1, 0.15) is 6.29 Å². The van der Waals surface area contributed by atoms with Gasteiger partial charge in [0, 0.05) is 6.42 Å². The second-order valence-electron chi connectivity index (χ2n) is 4.69. The summed E-state index contributed by atoms with van der Waals surface area (Å²) in [5, 5.41) is 0. The topological polar surface area (TPSA) is 26.3 Å². The second kappa shape index (κ2) is 15.9. The largest absolute Gasteiger partial charge is 0.374 e. The van der Waals surface area contributed by atoms with Crippen molar-refractivity contribution in [1.82, 2.24) is 0 Å². The van der Waals surface area contributed by atoms with Gasteiger partial charge in [-0.15, -0.1) is 5.73 Å². The summed E-state index contributed by atoms with van der Waals surface area (Å²) < 4.78 is 5.31. The zero-order chi connectivity index (χ0) is 15.8. The summed E-state index contributed by atoms with van der Waals surface area (Å²) in [6, 6.07) is 0. The summed E-state index contributed by atoms with van der Waals surface area (Å²) in [6.07, 6.45) is 7.30. The van der Waals surface area contributed by atoms with Crippen molar-refractivity contribution in [3.8, 4) is 0 Å². The molecule has 1 heterocycles. The van der Waals surface area contributed by atoms with E-state index in [9.17, 15) is 4.79 Å². The quantitative estimate of drug-likeness (QED) is 0.377. The number of ether oxygens (including phenoxy) is 1. The van der Waals surface area contributed by atoms with Crippen LogP contribution in [0.4, 0.5) is 0 Å². The van der Waals surface area contributed by atoms with E-state index in [0.717, 1.165) is 24.7 Å². The van der Waals surface area contributed by atoms with Gasteiger partial charge in [0.05, 0.1) is 12.7 Å². The molecule has 2 heteroatoms. The molecule has 1 aliphatic rings. The maximum absolute atomic E-state index is 9.97. The van der Waals surface area contributed by atoms with Gasteiger partial charge in [-0.2, -0.15) is 0 Å². The van der Waals surface area contributed by atoms with Crippen LogP contribution in [-0.4, -0.2) is 19.0 Å². The van der Waals surface area contributed by atoms with Gasteiger partial charge in [0.25, 0.3) is 0 Å². The van der Waals surface area contributed by atoms with E-state index in [2.05, 4.69) is 32.7 Å². The fourth-order valence-electron chi connectivity index (χ4n) is 1.65. The van der Waals surface area contributed by atoms with Gasteiger partial charge in [-0.3, -0.25) is 0 Å². The third-order valence-electron chi connectivity index (χ3n) is 2.85. The van der Waals surface area contributed by atoms with Crippen molar-refractivity contribution in [2.75, 3.05) is 6.61 Å². The van der Waals surface area contributed by atoms with Crippen LogP contribution in [-0.2, 0) is 9.53 Å². The van der Waals surface area contributed by atoms with Gasteiger partial charge in [-0.1, -0.05) is 40.3 Å². The lowest BCUT2D eigenvalue weighted by Gasteiger charge is -2.03. The number of hydrogen-bond acceptors (Lipinski definition) is 2. The molecule has 2 nitrogen and oxygen atoms in total. The lowest BCUT2D eigenvalue weighted by atomic mass is 10.1. The maximum atomic E-state index is 9.97. The van der Waals surface area contributed by atoms with Crippen LogP contribution in [0.5, 0.6) is 0 Å². The molecule has 116 valence electrons. The fourth-order valence-corrected chi connectivity index (χ4v) is 1.65. The summed E-state index contributed by atoms with van der Waals surface area (Å²) in [5.41, 5.74) is 5.30. The van der Waals surface area contributed by atoms with Crippen LogP contribution in [0, 0.1) is 0 Å². The number of rotatable bonds is 6. The molecule has 0 aliphatic carbocycles. The number of carbonyl (C=O) groups is 1. The fraction of sp³-hybridized carbons (Fsp3) is 0.667. The Kier molecular flexibility index (Phi) is 16.9. The van der Waals surface area contributed by atoms with Crippen molar-refractivity contribution >= 4 is 6.29 Å². The van der Waals surface area contributed by atoms with E-state index in [1.54, 1.807) is 0 Å². The molecule has 0 aromatic rings. The third kappa shape index (κ3) is 13.3. The number of allylic oxidation sites excluding steroid dienone is 1. The molecule has 1 saturated heterocycles. The molecule has 0 aromatic heterocycles. The smallest absolute Gasteiger partial charge is 0.120 e. The molecule has 20 heavy (non-hydrogen) atoms. The molecule has 0 bridgehead atoms. The molecule has 0 saturated carbocycles. The van der Waals surface area contributed by atoms with E-state index in [4.69, 9.17) is 4.74 Å². The van der Waals surface area contributed by atoms with Gasteiger partial charge < -0.3 is 9.53 Å². The highest BCUT2D eigenvalue weighted by molar-refractivity contribution is 5.49. The molecule has 0 amide bonds. The molecule has 1 unspecified atom stereocenters. The summed E-state index contributed by atoms with van der Waals surface area (Å²) >= 11 is 0. The molecule has 0 N–H and O–H groups in total. The van der Waals surface area contributed by atoms with E-state index in [1.807, 2.05) is 13.8 Å². The Bertz CT molecular complexity index is 299.